The maximum Gasteiger partial charge on any atom is 0.242 e. The molecule has 0 fully saturated rings. The minimum absolute atomic E-state index is 0.0148. The van der Waals surface area contributed by atoms with E-state index in [-0.39, 0.29) is 50.8 Å². The molecule has 0 unspecified atom stereocenters. The highest BCUT2D eigenvalue weighted by Gasteiger charge is 2.30. The molecule has 0 aromatic carbocycles. The fraction of sp³-hybridized carbons (Fsp3) is 0.688. The van der Waals surface area contributed by atoms with Crippen molar-refractivity contribution >= 4 is 118 Å². The maximum atomic E-state index is 13.2. The average molecular weight is 1520 g/mol. The van der Waals surface area contributed by atoms with Crippen LogP contribution in [0.5, 0.6) is 0 Å². The van der Waals surface area contributed by atoms with E-state index < -0.39 is 211 Å². The van der Waals surface area contributed by atoms with Crippen LogP contribution in [0.4, 0.5) is 0 Å². The highest BCUT2D eigenvalue weighted by Crippen LogP contribution is 2.06. The van der Waals surface area contributed by atoms with Gasteiger partial charge < -0.3 is 98.4 Å². The lowest BCUT2D eigenvalue weighted by atomic mass is 10.1. The molecule has 0 aliphatic carbocycles. The van der Waals surface area contributed by atoms with E-state index in [1.807, 2.05) is 0 Å². The van der Waals surface area contributed by atoms with E-state index in [9.17, 15) is 95.9 Å². The number of ketones is 1. The van der Waals surface area contributed by atoms with E-state index in [0.29, 0.717) is 12.8 Å². The Balaban J connectivity index is 5.02. The second-order valence-corrected chi connectivity index (χ2v) is 26.2. The van der Waals surface area contributed by atoms with Crippen LogP contribution in [-0.4, -0.2) is 490 Å². The van der Waals surface area contributed by atoms with Crippen LogP contribution >= 0.6 is 0 Å². The van der Waals surface area contributed by atoms with E-state index in [1.54, 1.807) is 7.05 Å². The number of hydrogen-bond donors (Lipinski definition) is 1. The summed E-state index contributed by atoms with van der Waals surface area (Å²) in [6, 6.07) is 0. The SMILES string of the molecule is CNCC(=O)N(C)CC(=O)N(C)CC(=O)N(C)CC(=O)N(C)CC(=O)N(C)CC(=O)N(C)CC(=O)N(C)CC(=O)N(C)CC(=O)N(C)CC(=O)N(C)CC(=O)N(C)CC(=O)N(C)CC(=O)N(C)CC(=O)N(C)CC(=O)N(C)CC(=O)N(C)CC(=O)N(C)CC(=O)N(C)CC(=O)N(C)CC(=O)CCCCN=[N+]=[N-]. The molecule has 0 aliphatic rings. The second kappa shape index (κ2) is 47.4. The van der Waals surface area contributed by atoms with E-state index in [2.05, 4.69) is 15.3 Å². The van der Waals surface area contributed by atoms with Crippen LogP contribution in [0.2, 0.25) is 0 Å². The highest BCUT2D eigenvalue weighted by atomic mass is 16.2. The van der Waals surface area contributed by atoms with Crippen molar-refractivity contribution in [3.8, 4) is 0 Å². The van der Waals surface area contributed by atoms with Crippen molar-refractivity contribution in [1.29, 1.82) is 0 Å². The number of carbonyl (C=O) groups excluding carboxylic acids is 20. The Kier molecular flexibility index (Phi) is 42.4. The van der Waals surface area contributed by atoms with Gasteiger partial charge in [-0.05, 0) is 25.4 Å². The van der Waals surface area contributed by atoms with Gasteiger partial charge in [0, 0.05) is 152 Å². The minimum Gasteiger partial charge on any atom is -0.337 e. The normalized spacial score (nSPS) is 10.4. The van der Waals surface area contributed by atoms with Gasteiger partial charge in [0.25, 0.3) is 0 Å². The molecule has 43 nitrogen and oxygen atoms in total. The number of hydrogen-bond acceptors (Lipinski definition) is 22. The lowest BCUT2D eigenvalue weighted by molar-refractivity contribution is -0.147. The molecule has 0 aromatic heterocycles. The van der Waals surface area contributed by atoms with Crippen molar-refractivity contribution < 1.29 is 95.9 Å². The molecule has 0 rings (SSSR count). The van der Waals surface area contributed by atoms with Crippen LogP contribution in [0.3, 0.4) is 0 Å². The van der Waals surface area contributed by atoms with Gasteiger partial charge in [0.05, 0.1) is 131 Å². The lowest BCUT2D eigenvalue weighted by Crippen LogP contribution is -2.50. The first kappa shape index (κ1) is 95.9. The largest absolute Gasteiger partial charge is 0.337 e. The lowest BCUT2D eigenvalue weighted by Gasteiger charge is -2.28. The van der Waals surface area contributed by atoms with Crippen molar-refractivity contribution in [3.05, 3.63) is 10.4 Å². The Morgan fingerprint density at radius 3 is 0.486 bits per heavy atom. The topological polar surface area (TPSA) is 464 Å². The van der Waals surface area contributed by atoms with Crippen molar-refractivity contribution in [1.82, 2.24) is 98.4 Å². The van der Waals surface area contributed by atoms with Gasteiger partial charge in [-0.3, -0.25) is 95.9 Å². The Bertz CT molecular complexity index is 3300. The van der Waals surface area contributed by atoms with Crippen LogP contribution < -0.4 is 5.32 Å². The molecular formula is C64H109N23O20. The Morgan fingerprint density at radius 1 is 0.224 bits per heavy atom. The van der Waals surface area contributed by atoms with Crippen LogP contribution in [0.15, 0.2) is 5.11 Å². The van der Waals surface area contributed by atoms with E-state index in [0.717, 1.165) is 83.3 Å². The number of nitrogens with zero attached hydrogens (tertiary/aromatic N) is 22. The average Bonchev–Trinajstić information content (AvgIpc) is 0.888. The van der Waals surface area contributed by atoms with E-state index in [1.165, 1.54) is 144 Å². The van der Waals surface area contributed by atoms with Crippen molar-refractivity contribution in [3.63, 3.8) is 0 Å². The number of unbranched alkanes of at least 4 members (excludes halogenated alkanes) is 1. The summed E-state index contributed by atoms with van der Waals surface area (Å²) in [5.41, 5.74) is 8.35. The zero-order valence-corrected chi connectivity index (χ0v) is 65.5. The zero-order valence-electron chi connectivity index (χ0n) is 65.5. The molecule has 107 heavy (non-hydrogen) atoms. The first-order chi connectivity index (χ1) is 49.6. The number of Topliss-reactive ketones (excluding diaryl/α,β-unsaturated/α-hetero) is 1. The first-order valence-corrected chi connectivity index (χ1v) is 33.3. The predicted octanol–water partition coefficient (Wildman–Crippen LogP) is -9.03. The highest BCUT2D eigenvalue weighted by molar-refractivity contribution is 5.97. The van der Waals surface area contributed by atoms with Crippen LogP contribution in [0.25, 0.3) is 10.4 Å². The Hall–Kier alpha value is -11.1. The number of carbonyl (C=O) groups is 20. The molecule has 0 spiro atoms. The van der Waals surface area contributed by atoms with Crippen LogP contribution in [-0.2, 0) is 95.9 Å². The van der Waals surface area contributed by atoms with Crippen molar-refractivity contribution in [2.45, 2.75) is 19.3 Å². The maximum absolute atomic E-state index is 13.2. The third-order valence-corrected chi connectivity index (χ3v) is 16.6. The molecular weight excluding hydrogens is 1410 g/mol. The molecule has 0 saturated carbocycles. The number of azide groups is 1. The van der Waals surface area contributed by atoms with E-state index in [4.69, 9.17) is 5.53 Å². The molecule has 0 saturated heterocycles. The molecule has 0 aromatic rings. The molecule has 0 aliphatic heterocycles. The first-order valence-electron chi connectivity index (χ1n) is 33.3. The molecule has 0 bridgehead atoms. The van der Waals surface area contributed by atoms with Gasteiger partial charge in [0.1, 0.15) is 0 Å². The monoisotopic (exact) mass is 1520 g/mol. The van der Waals surface area contributed by atoms with Gasteiger partial charge in [0.2, 0.25) is 112 Å². The fourth-order valence-electron chi connectivity index (χ4n) is 8.68. The smallest absolute Gasteiger partial charge is 0.242 e. The standard InChI is InChI=1S/C64H109N23O20/c1-66-25-46(89)70(3)27-48(91)72(5)29-50(93)74(7)31-52(95)76(9)33-54(97)78(11)35-56(99)80(13)37-58(101)82(15)39-60(103)84(17)41-62(105)86(19)43-64(107)87(20)44-63(106)85(18)42-61(104)83(16)40-59(102)81(14)38-57(100)79(12)36-55(98)77(10)34-53(96)75(8)32-51(94)73(6)30-49(92)71(4)28-47(90)69(2)26-45(88)23-21-22-24-67-68-65/h66H,21-44H2,1-20H3. The minimum atomic E-state index is -0.704. The predicted molar refractivity (Wildman–Crippen MR) is 382 cm³/mol. The zero-order chi connectivity index (χ0) is 82.6. The summed E-state index contributed by atoms with van der Waals surface area (Å²) in [4.78, 5) is 281. The Morgan fingerprint density at radius 2 is 0.355 bits per heavy atom. The molecule has 0 radical (unpaired) electrons. The number of nitrogens with one attached hydrogen (secondary N) is 1. The summed E-state index contributed by atoms with van der Waals surface area (Å²) in [6.07, 6.45) is 1.16. The third kappa shape index (κ3) is 35.9. The second-order valence-electron chi connectivity index (χ2n) is 26.2. The van der Waals surface area contributed by atoms with Crippen LogP contribution in [0, 0.1) is 0 Å². The summed E-state index contributed by atoms with van der Waals surface area (Å²) >= 11 is 0. The molecule has 19 amide bonds. The Labute approximate surface area is 623 Å². The van der Waals surface area contributed by atoms with Gasteiger partial charge >= 0.3 is 0 Å². The van der Waals surface area contributed by atoms with Gasteiger partial charge in [-0.2, -0.15) is 0 Å². The summed E-state index contributed by atoms with van der Waals surface area (Å²) in [6.45, 7) is -8.67. The summed E-state index contributed by atoms with van der Waals surface area (Å²) in [5.74, 6) is -12.3. The van der Waals surface area contributed by atoms with Gasteiger partial charge in [-0.1, -0.05) is 5.11 Å². The van der Waals surface area contributed by atoms with Gasteiger partial charge in [0.15, 0.2) is 5.78 Å². The molecule has 1 N–H and O–H groups in total. The summed E-state index contributed by atoms with van der Waals surface area (Å²) in [5, 5.41) is 6.08. The van der Waals surface area contributed by atoms with E-state index >= 15 is 0 Å². The molecule has 600 valence electrons. The summed E-state index contributed by atoms with van der Waals surface area (Å²) in [7, 11) is 26.5. The van der Waals surface area contributed by atoms with Crippen molar-refractivity contribution in [2.24, 2.45) is 5.11 Å². The summed E-state index contributed by atoms with van der Waals surface area (Å²) < 4.78 is 0. The van der Waals surface area contributed by atoms with Gasteiger partial charge in [-0.25, -0.2) is 0 Å². The quantitative estimate of drug-likeness (QED) is 0.0256. The fourth-order valence-corrected chi connectivity index (χ4v) is 8.68. The molecule has 0 heterocycles. The molecule has 0 atom stereocenters. The third-order valence-electron chi connectivity index (χ3n) is 16.6. The molecule has 43 heteroatoms. The van der Waals surface area contributed by atoms with Crippen LogP contribution in [0.1, 0.15) is 19.3 Å². The van der Waals surface area contributed by atoms with Crippen molar-refractivity contribution in [2.75, 3.05) is 278 Å². The number of likely N-dealkylation sites (N-methyl/N-ethyl adjacent to an activating group) is 20. The van der Waals surface area contributed by atoms with Gasteiger partial charge in [-0.15, -0.1) is 0 Å². The number of rotatable bonds is 45. The number of amides is 19.